The van der Waals surface area contributed by atoms with Gasteiger partial charge in [-0.15, -0.1) is 4.91 Å². The lowest BCUT2D eigenvalue weighted by molar-refractivity contribution is 0.147. The van der Waals surface area contributed by atoms with Crippen LogP contribution in [0.2, 0.25) is 0 Å². The number of ether oxygens (including phenoxy) is 1. The van der Waals surface area contributed by atoms with Gasteiger partial charge in [-0.05, 0) is 28.4 Å². The molecule has 0 aliphatic rings. The molecule has 0 aliphatic heterocycles. The average Bonchev–Trinajstić information content (AvgIpc) is 2.58. The fraction of sp³-hybridized carbons (Fsp3) is 0.188. The van der Waals surface area contributed by atoms with E-state index in [-0.39, 0.29) is 13.3 Å². The number of carbonyl (C=O) groups excluding carboxylic acids is 1. The van der Waals surface area contributed by atoms with Gasteiger partial charge < -0.3 is 10.5 Å². The Morgan fingerprint density at radius 3 is 2.32 bits per heavy atom. The highest BCUT2D eigenvalue weighted by atomic mass is 16.6. The van der Waals surface area contributed by atoms with E-state index in [2.05, 4.69) is 5.18 Å². The molecule has 2 aromatic carbocycles. The van der Waals surface area contributed by atoms with Crippen LogP contribution in [-0.4, -0.2) is 12.8 Å². The van der Waals surface area contributed by atoms with Crippen molar-refractivity contribution in [2.45, 2.75) is 13.2 Å². The number of benzene rings is 2. The van der Waals surface area contributed by atoms with E-state index in [1.165, 1.54) is 4.90 Å². The van der Waals surface area contributed by atoms with Crippen LogP contribution in [0.5, 0.6) is 0 Å². The highest BCUT2D eigenvalue weighted by Gasteiger charge is 2.17. The number of carbonyl (C=O) groups is 1. The minimum absolute atomic E-state index is 0.135. The SMILES string of the molecule is NCc1ccc(N(CN=O)C(=O)OCc2ccccc2)cc1. The number of nitrogens with two attached hydrogens (primary N) is 1. The summed E-state index contributed by atoms with van der Waals surface area (Å²) in [6.45, 7) is 0.232. The predicted octanol–water partition coefficient (Wildman–Crippen LogP) is 3.01. The van der Waals surface area contributed by atoms with Crippen molar-refractivity contribution >= 4 is 11.8 Å². The Labute approximate surface area is 128 Å². The monoisotopic (exact) mass is 299 g/mol. The van der Waals surface area contributed by atoms with Crippen LogP contribution in [-0.2, 0) is 17.9 Å². The predicted molar refractivity (Wildman–Crippen MR) is 84.1 cm³/mol. The molecular formula is C16H17N3O3. The van der Waals surface area contributed by atoms with Crippen LogP contribution in [0.15, 0.2) is 59.8 Å². The van der Waals surface area contributed by atoms with Gasteiger partial charge in [0.1, 0.15) is 6.61 Å². The van der Waals surface area contributed by atoms with Crippen molar-refractivity contribution in [3.05, 3.63) is 70.6 Å². The quantitative estimate of drug-likeness (QED) is 0.831. The molecular weight excluding hydrogens is 282 g/mol. The van der Waals surface area contributed by atoms with Gasteiger partial charge in [-0.2, -0.15) is 0 Å². The van der Waals surface area contributed by atoms with Gasteiger partial charge in [-0.3, -0.25) is 4.90 Å². The molecule has 2 N–H and O–H groups in total. The third-order valence-electron chi connectivity index (χ3n) is 3.11. The summed E-state index contributed by atoms with van der Waals surface area (Å²) >= 11 is 0. The van der Waals surface area contributed by atoms with Crippen molar-refractivity contribution in [3.63, 3.8) is 0 Å². The Balaban J connectivity index is 2.05. The molecule has 0 bridgehead atoms. The normalized spacial score (nSPS) is 10.0. The van der Waals surface area contributed by atoms with Crippen molar-refractivity contribution in [3.8, 4) is 0 Å². The van der Waals surface area contributed by atoms with Gasteiger partial charge in [-0.1, -0.05) is 42.5 Å². The first-order valence-corrected chi connectivity index (χ1v) is 6.81. The van der Waals surface area contributed by atoms with Crippen LogP contribution in [0.25, 0.3) is 0 Å². The van der Waals surface area contributed by atoms with E-state index in [9.17, 15) is 9.70 Å². The molecule has 2 aromatic rings. The first-order chi connectivity index (χ1) is 10.7. The summed E-state index contributed by atoms with van der Waals surface area (Å²) in [6.07, 6.45) is -0.621. The van der Waals surface area contributed by atoms with E-state index in [1.54, 1.807) is 24.3 Å². The van der Waals surface area contributed by atoms with Crippen LogP contribution in [0, 0.1) is 4.91 Å². The van der Waals surface area contributed by atoms with Gasteiger partial charge in [0.2, 0.25) is 0 Å². The molecule has 0 heterocycles. The lowest BCUT2D eigenvalue weighted by atomic mass is 10.2. The summed E-state index contributed by atoms with van der Waals surface area (Å²) in [5.74, 6) is 0. The number of amides is 1. The molecule has 2 rings (SSSR count). The van der Waals surface area contributed by atoms with Crippen molar-refractivity contribution in [1.29, 1.82) is 0 Å². The smallest absolute Gasteiger partial charge is 0.416 e. The maximum atomic E-state index is 12.1. The first-order valence-electron chi connectivity index (χ1n) is 6.81. The zero-order chi connectivity index (χ0) is 15.8. The van der Waals surface area contributed by atoms with Crippen LogP contribution < -0.4 is 10.6 Å². The zero-order valence-electron chi connectivity index (χ0n) is 12.0. The van der Waals surface area contributed by atoms with Crippen molar-refractivity contribution in [2.24, 2.45) is 10.9 Å². The molecule has 0 saturated heterocycles. The number of anilines is 1. The molecule has 1 amide bonds. The molecule has 0 aromatic heterocycles. The first kappa shape index (κ1) is 15.7. The van der Waals surface area contributed by atoms with E-state index < -0.39 is 6.09 Å². The van der Waals surface area contributed by atoms with Gasteiger partial charge in [0, 0.05) is 12.2 Å². The minimum atomic E-state index is -0.621. The summed E-state index contributed by atoms with van der Waals surface area (Å²) in [4.78, 5) is 23.9. The Bertz CT molecular complexity index is 614. The van der Waals surface area contributed by atoms with Crippen LogP contribution >= 0.6 is 0 Å². The summed E-state index contributed by atoms with van der Waals surface area (Å²) in [6, 6.07) is 16.3. The van der Waals surface area contributed by atoms with Crippen molar-refractivity contribution in [2.75, 3.05) is 11.6 Å². The van der Waals surface area contributed by atoms with E-state index in [0.717, 1.165) is 11.1 Å². The van der Waals surface area contributed by atoms with E-state index in [1.807, 2.05) is 30.3 Å². The van der Waals surface area contributed by atoms with Crippen molar-refractivity contribution in [1.82, 2.24) is 0 Å². The highest BCUT2D eigenvalue weighted by molar-refractivity contribution is 5.87. The second kappa shape index (κ2) is 7.90. The third kappa shape index (κ3) is 4.13. The third-order valence-corrected chi connectivity index (χ3v) is 3.11. The molecule has 0 aliphatic carbocycles. The lowest BCUT2D eigenvalue weighted by Gasteiger charge is -2.19. The molecule has 6 nitrogen and oxygen atoms in total. The largest absolute Gasteiger partial charge is 0.444 e. The van der Waals surface area contributed by atoms with E-state index >= 15 is 0 Å². The number of rotatable bonds is 6. The Kier molecular flexibility index (Phi) is 5.62. The second-order valence-electron chi connectivity index (χ2n) is 4.61. The van der Waals surface area contributed by atoms with Gasteiger partial charge >= 0.3 is 6.09 Å². The molecule has 0 saturated carbocycles. The highest BCUT2D eigenvalue weighted by Crippen LogP contribution is 2.17. The molecule has 114 valence electrons. The van der Waals surface area contributed by atoms with Crippen LogP contribution in [0.4, 0.5) is 10.5 Å². The maximum absolute atomic E-state index is 12.1. The molecule has 0 fully saturated rings. The summed E-state index contributed by atoms with van der Waals surface area (Å²) in [5.41, 5.74) is 7.87. The number of nitroso groups, excluding NO2 is 1. The van der Waals surface area contributed by atoms with Gasteiger partial charge in [-0.25, -0.2) is 4.79 Å². The fourth-order valence-electron chi connectivity index (χ4n) is 1.91. The van der Waals surface area contributed by atoms with Gasteiger partial charge in [0.05, 0.1) is 0 Å². The second-order valence-corrected chi connectivity index (χ2v) is 4.61. The number of hydrogen-bond donors (Lipinski definition) is 1. The number of nitrogens with zero attached hydrogens (tertiary/aromatic N) is 2. The molecule has 0 spiro atoms. The van der Waals surface area contributed by atoms with Gasteiger partial charge in [0.25, 0.3) is 0 Å². The molecule has 0 radical (unpaired) electrons. The van der Waals surface area contributed by atoms with Gasteiger partial charge in [0.15, 0.2) is 6.67 Å². The lowest BCUT2D eigenvalue weighted by Crippen LogP contribution is -2.31. The fourth-order valence-corrected chi connectivity index (χ4v) is 1.91. The van der Waals surface area contributed by atoms with E-state index in [4.69, 9.17) is 10.5 Å². The molecule has 0 unspecified atom stereocenters. The zero-order valence-corrected chi connectivity index (χ0v) is 12.0. The van der Waals surface area contributed by atoms with Crippen LogP contribution in [0.3, 0.4) is 0 Å². The molecule has 6 heteroatoms. The molecule has 22 heavy (non-hydrogen) atoms. The van der Waals surface area contributed by atoms with Crippen molar-refractivity contribution < 1.29 is 9.53 Å². The summed E-state index contributed by atoms with van der Waals surface area (Å²) in [5, 5.41) is 2.78. The van der Waals surface area contributed by atoms with E-state index in [0.29, 0.717) is 12.2 Å². The molecule has 0 atom stereocenters. The maximum Gasteiger partial charge on any atom is 0.416 e. The average molecular weight is 299 g/mol. The summed E-state index contributed by atoms with van der Waals surface area (Å²) in [7, 11) is 0. The minimum Gasteiger partial charge on any atom is -0.444 e. The summed E-state index contributed by atoms with van der Waals surface area (Å²) < 4.78 is 5.22. The standard InChI is InChI=1S/C16H17N3O3/c17-10-13-6-8-15(9-7-13)19(12-18-21)16(20)22-11-14-4-2-1-3-5-14/h1-9H,10-12,17H2. The Morgan fingerprint density at radius 2 is 1.73 bits per heavy atom. The Morgan fingerprint density at radius 1 is 1.05 bits per heavy atom. The number of hydrogen-bond acceptors (Lipinski definition) is 5. The van der Waals surface area contributed by atoms with Crippen LogP contribution in [0.1, 0.15) is 11.1 Å². The Hall–Kier alpha value is -2.73. The topological polar surface area (TPSA) is 85.0 Å².